The standard InChI is InChI=1S/C32H30BNO/c1-31-18-6-7-19-32(31,2)34-26-14-9-15-27-29(26)33(25-13-8-12-23(31)30(25)34)24-17-16-22(20-28(24)35-27)21-10-4-3-5-11-21/h4,8-17,20H,3,5-7,18-19H2,1-2H3. The van der Waals surface area contributed by atoms with Crippen molar-refractivity contribution in [3.8, 4) is 11.5 Å². The van der Waals surface area contributed by atoms with E-state index in [4.69, 9.17) is 4.74 Å². The molecule has 0 saturated heterocycles. The van der Waals surface area contributed by atoms with E-state index in [1.807, 2.05) is 0 Å². The van der Waals surface area contributed by atoms with Crippen molar-refractivity contribution in [2.45, 2.75) is 63.3 Å². The zero-order valence-corrected chi connectivity index (χ0v) is 20.6. The summed E-state index contributed by atoms with van der Waals surface area (Å²) in [5, 5.41) is 0. The van der Waals surface area contributed by atoms with E-state index in [0.29, 0.717) is 0 Å². The maximum absolute atomic E-state index is 6.70. The van der Waals surface area contributed by atoms with Crippen LogP contribution in [-0.4, -0.2) is 12.3 Å². The maximum atomic E-state index is 6.70. The van der Waals surface area contributed by atoms with Crippen LogP contribution in [0.3, 0.4) is 0 Å². The Labute approximate surface area is 208 Å². The lowest BCUT2D eigenvalue weighted by atomic mass is 9.34. The molecule has 0 N–H and O–H groups in total. The second-order valence-electron chi connectivity index (χ2n) is 11.5. The highest BCUT2D eigenvalue weighted by Crippen LogP contribution is 2.61. The monoisotopic (exact) mass is 455 g/mol. The van der Waals surface area contributed by atoms with Gasteiger partial charge in [0.1, 0.15) is 11.5 Å². The van der Waals surface area contributed by atoms with Gasteiger partial charge in [-0.25, -0.2) is 0 Å². The SMILES string of the molecule is CC12CCCCC1(C)N1c3cccc4c3B(c3ccc(C5=CCCC=C5)cc3O4)c3cccc2c31. The Morgan fingerprint density at radius 3 is 2.66 bits per heavy atom. The van der Waals surface area contributed by atoms with Gasteiger partial charge in [-0.05, 0) is 83.9 Å². The Morgan fingerprint density at radius 1 is 0.886 bits per heavy atom. The van der Waals surface area contributed by atoms with E-state index in [1.54, 1.807) is 5.56 Å². The van der Waals surface area contributed by atoms with Crippen molar-refractivity contribution >= 4 is 40.0 Å². The Kier molecular flexibility index (Phi) is 3.85. The molecule has 0 bridgehead atoms. The van der Waals surface area contributed by atoms with Crippen molar-refractivity contribution in [1.82, 2.24) is 0 Å². The first-order valence-corrected chi connectivity index (χ1v) is 13.4. The topological polar surface area (TPSA) is 12.5 Å². The first kappa shape index (κ1) is 20.0. The third-order valence-corrected chi connectivity index (χ3v) is 9.91. The van der Waals surface area contributed by atoms with Crippen LogP contribution in [0.25, 0.3) is 5.57 Å². The number of para-hydroxylation sites is 1. The lowest BCUT2D eigenvalue weighted by Gasteiger charge is -2.52. The molecule has 3 aliphatic heterocycles. The largest absolute Gasteiger partial charge is 0.458 e. The number of allylic oxidation sites excluding steroid dienone is 4. The molecule has 3 heteroatoms. The number of rotatable bonds is 1. The van der Waals surface area contributed by atoms with Crippen LogP contribution in [0, 0.1) is 0 Å². The van der Waals surface area contributed by atoms with Crippen molar-refractivity contribution in [2.24, 2.45) is 0 Å². The summed E-state index contributed by atoms with van der Waals surface area (Å²) in [5.41, 5.74) is 11.3. The molecule has 1 fully saturated rings. The Balaban J connectivity index is 1.39. The zero-order valence-electron chi connectivity index (χ0n) is 20.6. The highest BCUT2D eigenvalue weighted by Gasteiger charge is 2.60. The summed E-state index contributed by atoms with van der Waals surface area (Å²) in [7, 11) is 0. The summed E-state index contributed by atoms with van der Waals surface area (Å²) in [5.74, 6) is 2.03. The lowest BCUT2D eigenvalue weighted by Crippen LogP contribution is -2.63. The summed E-state index contributed by atoms with van der Waals surface area (Å²) >= 11 is 0. The van der Waals surface area contributed by atoms with Crippen molar-refractivity contribution in [3.63, 3.8) is 0 Å². The van der Waals surface area contributed by atoms with Crippen molar-refractivity contribution < 1.29 is 4.74 Å². The van der Waals surface area contributed by atoms with Crippen molar-refractivity contribution in [2.75, 3.05) is 4.90 Å². The van der Waals surface area contributed by atoms with E-state index in [-0.39, 0.29) is 17.7 Å². The highest BCUT2D eigenvalue weighted by molar-refractivity contribution is 6.99. The second kappa shape index (κ2) is 6.72. The van der Waals surface area contributed by atoms with E-state index >= 15 is 0 Å². The van der Waals surface area contributed by atoms with Gasteiger partial charge in [-0.15, -0.1) is 0 Å². The van der Waals surface area contributed by atoms with Gasteiger partial charge in [0.25, 0.3) is 6.71 Å². The van der Waals surface area contributed by atoms with Crippen molar-refractivity contribution in [3.05, 3.63) is 84.0 Å². The van der Waals surface area contributed by atoms with Crippen LogP contribution < -0.4 is 26.0 Å². The molecule has 0 aromatic heterocycles. The maximum Gasteiger partial charge on any atom is 0.256 e. The van der Waals surface area contributed by atoms with Crippen LogP contribution >= 0.6 is 0 Å². The smallest absolute Gasteiger partial charge is 0.256 e. The fourth-order valence-corrected chi connectivity index (χ4v) is 7.97. The Hall–Kier alpha value is -3.20. The third kappa shape index (κ3) is 2.37. The fraction of sp³-hybridized carbons (Fsp3) is 0.312. The average Bonchev–Trinajstić information content (AvgIpc) is 3.11. The number of hydrogen-bond acceptors (Lipinski definition) is 2. The number of fused-ring (bicyclic) bond motifs is 7. The first-order chi connectivity index (χ1) is 17.1. The molecule has 35 heavy (non-hydrogen) atoms. The van der Waals surface area contributed by atoms with Gasteiger partial charge in [0.15, 0.2) is 0 Å². The van der Waals surface area contributed by atoms with Crippen LogP contribution in [0.4, 0.5) is 11.4 Å². The highest BCUT2D eigenvalue weighted by atomic mass is 16.5. The summed E-state index contributed by atoms with van der Waals surface area (Å²) in [4.78, 5) is 2.73. The molecule has 0 amide bonds. The van der Waals surface area contributed by atoms with E-state index in [0.717, 1.165) is 24.3 Å². The second-order valence-corrected chi connectivity index (χ2v) is 11.5. The molecular formula is C32H30BNO. The predicted octanol–water partition coefficient (Wildman–Crippen LogP) is 6.10. The molecule has 2 atom stereocenters. The molecule has 1 saturated carbocycles. The van der Waals surface area contributed by atoms with Gasteiger partial charge in [-0.2, -0.15) is 0 Å². The molecule has 2 aliphatic carbocycles. The number of benzene rings is 3. The van der Waals surface area contributed by atoms with Crippen molar-refractivity contribution in [1.29, 1.82) is 0 Å². The number of anilines is 2. The fourth-order valence-electron chi connectivity index (χ4n) is 7.97. The minimum atomic E-state index is 0.0910. The van der Waals surface area contributed by atoms with Crippen LogP contribution in [0.5, 0.6) is 11.5 Å². The summed E-state index contributed by atoms with van der Waals surface area (Å²) in [6.07, 6.45) is 14.2. The minimum absolute atomic E-state index is 0.0910. The van der Waals surface area contributed by atoms with E-state index in [2.05, 4.69) is 91.6 Å². The van der Waals surface area contributed by atoms with Crippen LogP contribution in [0.1, 0.15) is 63.5 Å². The minimum Gasteiger partial charge on any atom is -0.458 e. The first-order valence-electron chi connectivity index (χ1n) is 13.4. The van der Waals surface area contributed by atoms with Gasteiger partial charge < -0.3 is 9.64 Å². The Morgan fingerprint density at radius 2 is 1.77 bits per heavy atom. The molecule has 0 spiro atoms. The molecular weight excluding hydrogens is 425 g/mol. The molecule has 3 aromatic carbocycles. The van der Waals surface area contributed by atoms with E-state index in [1.165, 1.54) is 64.6 Å². The molecule has 3 aromatic rings. The molecule has 5 aliphatic rings. The van der Waals surface area contributed by atoms with Gasteiger partial charge in [0.2, 0.25) is 0 Å². The predicted molar refractivity (Wildman–Crippen MR) is 147 cm³/mol. The average molecular weight is 455 g/mol. The van der Waals surface area contributed by atoms with Crippen LogP contribution in [-0.2, 0) is 5.41 Å². The molecule has 0 radical (unpaired) electrons. The van der Waals surface area contributed by atoms with Crippen LogP contribution in [0.15, 0.2) is 72.8 Å². The lowest BCUT2D eigenvalue weighted by molar-refractivity contribution is 0.195. The van der Waals surface area contributed by atoms with Gasteiger partial charge in [-0.3, -0.25) is 0 Å². The van der Waals surface area contributed by atoms with E-state index < -0.39 is 0 Å². The van der Waals surface area contributed by atoms with Gasteiger partial charge >= 0.3 is 0 Å². The number of hydrogen-bond donors (Lipinski definition) is 0. The van der Waals surface area contributed by atoms with Gasteiger partial charge in [-0.1, -0.05) is 74.4 Å². The quantitative estimate of drug-likeness (QED) is 0.322. The normalized spacial score (nSPS) is 26.9. The van der Waals surface area contributed by atoms with Gasteiger partial charge in [0.05, 0.1) is 5.54 Å². The Bertz CT molecular complexity index is 1480. The summed E-state index contributed by atoms with van der Waals surface area (Å²) in [6, 6.07) is 20.7. The van der Waals surface area contributed by atoms with Crippen LogP contribution in [0.2, 0.25) is 0 Å². The molecule has 172 valence electrons. The molecule has 3 heterocycles. The molecule has 2 nitrogen and oxygen atoms in total. The summed E-state index contributed by atoms with van der Waals surface area (Å²) in [6.45, 7) is 5.26. The van der Waals surface area contributed by atoms with Gasteiger partial charge in [0, 0.05) is 16.8 Å². The third-order valence-electron chi connectivity index (χ3n) is 9.91. The molecule has 2 unspecified atom stereocenters. The summed E-state index contributed by atoms with van der Waals surface area (Å²) < 4.78 is 6.70. The zero-order chi connectivity index (χ0) is 23.4. The number of nitrogens with zero attached hydrogens (tertiary/aromatic N) is 1. The molecule has 8 rings (SSSR count). The van der Waals surface area contributed by atoms with E-state index in [9.17, 15) is 0 Å². The number of ether oxygens (including phenoxy) is 1.